The van der Waals surface area contributed by atoms with E-state index in [1.165, 1.54) is 11.6 Å². The van der Waals surface area contributed by atoms with Crippen LogP contribution in [0.1, 0.15) is 36.9 Å². The Labute approximate surface area is 144 Å². The Morgan fingerprint density at radius 3 is 2.52 bits per heavy atom. The van der Waals surface area contributed by atoms with Gasteiger partial charge in [-0.15, -0.1) is 0 Å². The number of aromatic nitrogens is 2. The molecule has 4 nitrogen and oxygen atoms in total. The molecule has 3 rings (SSSR count). The van der Waals surface area contributed by atoms with Crippen molar-refractivity contribution in [3.63, 3.8) is 0 Å². The molecular weight excluding hydrogens is 324 g/mol. The van der Waals surface area contributed by atoms with Crippen molar-refractivity contribution in [3.05, 3.63) is 71.1 Å². The third-order valence-corrected chi connectivity index (χ3v) is 4.20. The molecule has 0 amide bonds. The summed E-state index contributed by atoms with van der Waals surface area (Å²) in [6.07, 6.45) is 0.981. The Balaban J connectivity index is 1.63. The van der Waals surface area contributed by atoms with Crippen LogP contribution in [0.3, 0.4) is 0 Å². The molecule has 1 heterocycles. The van der Waals surface area contributed by atoms with Crippen molar-refractivity contribution in [2.24, 2.45) is 0 Å². The minimum atomic E-state index is -0.841. The number of halogens is 2. The van der Waals surface area contributed by atoms with E-state index in [4.69, 9.17) is 4.52 Å². The van der Waals surface area contributed by atoms with Crippen molar-refractivity contribution in [1.29, 1.82) is 0 Å². The average Bonchev–Trinajstić information content (AvgIpc) is 3.11. The number of quaternary nitrogens is 1. The molecule has 1 aromatic heterocycles. The number of benzene rings is 2. The standard InChI is InChI=1S/C19H19F2N3O/c1-3-13-4-6-14(7-5-13)19-23-18(25-24-19)11-22-12(2)15-8-9-16(20)17(21)10-15/h4-10,12,22H,3,11H2,1-2H3/p+1/t12-/m1/s1. The molecule has 0 bridgehead atoms. The van der Waals surface area contributed by atoms with Crippen LogP contribution in [0, 0.1) is 11.6 Å². The number of hydrogen-bond donors (Lipinski definition) is 1. The monoisotopic (exact) mass is 344 g/mol. The number of nitrogens with two attached hydrogens (primary N) is 1. The van der Waals surface area contributed by atoms with Crippen molar-refractivity contribution in [1.82, 2.24) is 10.1 Å². The van der Waals surface area contributed by atoms with Gasteiger partial charge in [0.05, 0.1) is 0 Å². The largest absolute Gasteiger partial charge is 0.333 e. The van der Waals surface area contributed by atoms with Crippen LogP contribution in [-0.2, 0) is 13.0 Å². The predicted octanol–water partition coefficient (Wildman–Crippen LogP) is 3.40. The maximum atomic E-state index is 13.3. The first kappa shape index (κ1) is 17.2. The van der Waals surface area contributed by atoms with E-state index in [0.29, 0.717) is 23.8 Å². The van der Waals surface area contributed by atoms with Crippen LogP contribution in [0.25, 0.3) is 11.4 Å². The summed E-state index contributed by atoms with van der Waals surface area (Å²) in [5.41, 5.74) is 2.86. The minimum Gasteiger partial charge on any atom is -0.333 e. The summed E-state index contributed by atoms with van der Waals surface area (Å²) in [5, 5.41) is 5.94. The summed E-state index contributed by atoms with van der Waals surface area (Å²) in [6, 6.07) is 11.9. The number of rotatable bonds is 6. The second kappa shape index (κ2) is 7.53. The van der Waals surface area contributed by atoms with Crippen LogP contribution < -0.4 is 5.32 Å². The second-order valence-corrected chi connectivity index (χ2v) is 5.96. The van der Waals surface area contributed by atoms with Crippen LogP contribution in [0.15, 0.2) is 47.0 Å². The molecule has 3 aromatic rings. The first-order valence-corrected chi connectivity index (χ1v) is 8.27. The van der Waals surface area contributed by atoms with Gasteiger partial charge in [-0.25, -0.2) is 8.78 Å². The van der Waals surface area contributed by atoms with Gasteiger partial charge in [0, 0.05) is 11.1 Å². The maximum Gasteiger partial charge on any atom is 0.282 e. The smallest absolute Gasteiger partial charge is 0.282 e. The molecular formula is C19H20F2N3O+. The highest BCUT2D eigenvalue weighted by Gasteiger charge is 2.15. The Kier molecular flexibility index (Phi) is 5.19. The van der Waals surface area contributed by atoms with E-state index in [0.717, 1.165) is 18.1 Å². The summed E-state index contributed by atoms with van der Waals surface area (Å²) in [5.74, 6) is -0.643. The summed E-state index contributed by atoms with van der Waals surface area (Å²) in [6.45, 7) is 4.47. The Morgan fingerprint density at radius 1 is 1.08 bits per heavy atom. The quantitative estimate of drug-likeness (QED) is 0.746. The topological polar surface area (TPSA) is 55.5 Å². The third kappa shape index (κ3) is 4.09. The summed E-state index contributed by atoms with van der Waals surface area (Å²) in [7, 11) is 0. The molecule has 6 heteroatoms. The molecule has 0 saturated carbocycles. The third-order valence-electron chi connectivity index (χ3n) is 4.20. The van der Waals surface area contributed by atoms with Crippen LogP contribution >= 0.6 is 0 Å². The van der Waals surface area contributed by atoms with Crippen LogP contribution in [-0.4, -0.2) is 10.1 Å². The number of nitrogens with zero attached hydrogens (tertiary/aromatic N) is 2. The maximum absolute atomic E-state index is 13.3. The first-order valence-electron chi connectivity index (χ1n) is 8.27. The van der Waals surface area contributed by atoms with Crippen molar-refractivity contribution in [2.45, 2.75) is 32.9 Å². The molecule has 0 radical (unpaired) electrons. The lowest BCUT2D eigenvalue weighted by molar-refractivity contribution is -0.710. The van der Waals surface area contributed by atoms with Crippen LogP contribution in [0.2, 0.25) is 0 Å². The molecule has 0 saturated heterocycles. The molecule has 0 aliphatic carbocycles. The summed E-state index contributed by atoms with van der Waals surface area (Å²) < 4.78 is 31.6. The van der Waals surface area contributed by atoms with E-state index < -0.39 is 11.6 Å². The molecule has 0 fully saturated rings. The Hall–Kier alpha value is -2.60. The summed E-state index contributed by atoms with van der Waals surface area (Å²) >= 11 is 0. The highest BCUT2D eigenvalue weighted by atomic mass is 19.2. The SMILES string of the molecule is CCc1ccc(-c2noc(C[NH2+][C@H](C)c3ccc(F)c(F)c3)n2)cc1. The van der Waals surface area contributed by atoms with Gasteiger partial charge in [0.2, 0.25) is 5.82 Å². The molecule has 25 heavy (non-hydrogen) atoms. The van der Waals surface area contributed by atoms with Gasteiger partial charge in [-0.1, -0.05) is 36.3 Å². The zero-order valence-electron chi connectivity index (χ0n) is 14.2. The van der Waals surface area contributed by atoms with E-state index in [9.17, 15) is 8.78 Å². The van der Waals surface area contributed by atoms with Gasteiger partial charge >= 0.3 is 0 Å². The predicted molar refractivity (Wildman–Crippen MR) is 89.5 cm³/mol. The number of hydrogen-bond acceptors (Lipinski definition) is 3. The molecule has 0 unspecified atom stereocenters. The molecule has 2 N–H and O–H groups in total. The minimum absolute atomic E-state index is 0.0608. The van der Waals surface area contributed by atoms with Gasteiger partial charge in [-0.05, 0) is 37.1 Å². The van der Waals surface area contributed by atoms with E-state index >= 15 is 0 Å². The average molecular weight is 344 g/mol. The van der Waals surface area contributed by atoms with Gasteiger partial charge in [0.25, 0.3) is 5.89 Å². The second-order valence-electron chi connectivity index (χ2n) is 5.96. The Morgan fingerprint density at radius 2 is 1.84 bits per heavy atom. The lowest BCUT2D eigenvalue weighted by atomic mass is 10.1. The normalized spacial score (nSPS) is 12.3. The number of aryl methyl sites for hydroxylation is 1. The van der Waals surface area contributed by atoms with Crippen molar-refractivity contribution >= 4 is 0 Å². The van der Waals surface area contributed by atoms with E-state index in [-0.39, 0.29) is 6.04 Å². The molecule has 2 aromatic carbocycles. The molecule has 130 valence electrons. The fourth-order valence-corrected chi connectivity index (χ4v) is 2.55. The zero-order valence-corrected chi connectivity index (χ0v) is 14.2. The fourth-order valence-electron chi connectivity index (χ4n) is 2.55. The lowest BCUT2D eigenvalue weighted by Gasteiger charge is -2.09. The Bertz CT molecular complexity index is 846. The highest BCUT2D eigenvalue weighted by Crippen LogP contribution is 2.17. The van der Waals surface area contributed by atoms with Gasteiger partial charge in [0.15, 0.2) is 18.2 Å². The molecule has 0 spiro atoms. The van der Waals surface area contributed by atoms with Crippen molar-refractivity contribution in [2.75, 3.05) is 0 Å². The fraction of sp³-hybridized carbons (Fsp3) is 0.263. The van der Waals surface area contributed by atoms with Gasteiger partial charge in [-0.2, -0.15) is 4.98 Å². The van der Waals surface area contributed by atoms with Crippen LogP contribution in [0.4, 0.5) is 8.78 Å². The summed E-state index contributed by atoms with van der Waals surface area (Å²) in [4.78, 5) is 4.39. The van der Waals surface area contributed by atoms with Gasteiger partial charge in [0.1, 0.15) is 6.04 Å². The van der Waals surface area contributed by atoms with Crippen molar-refractivity contribution in [3.8, 4) is 11.4 Å². The van der Waals surface area contributed by atoms with E-state index in [2.05, 4.69) is 17.1 Å². The lowest BCUT2D eigenvalue weighted by Crippen LogP contribution is -2.83. The van der Waals surface area contributed by atoms with E-state index in [1.54, 1.807) is 6.07 Å². The van der Waals surface area contributed by atoms with Crippen molar-refractivity contribution < 1.29 is 18.6 Å². The van der Waals surface area contributed by atoms with Gasteiger partial charge in [-0.3, -0.25) is 0 Å². The first-order chi connectivity index (χ1) is 12.1. The highest BCUT2D eigenvalue weighted by molar-refractivity contribution is 5.54. The van der Waals surface area contributed by atoms with Gasteiger partial charge < -0.3 is 9.84 Å². The van der Waals surface area contributed by atoms with E-state index in [1.807, 2.05) is 36.5 Å². The zero-order chi connectivity index (χ0) is 17.8. The molecule has 1 atom stereocenters. The molecule has 0 aliphatic rings. The van der Waals surface area contributed by atoms with Crippen LogP contribution in [0.5, 0.6) is 0 Å². The molecule has 0 aliphatic heterocycles.